The Morgan fingerprint density at radius 2 is 2.00 bits per heavy atom. The summed E-state index contributed by atoms with van der Waals surface area (Å²) in [6.45, 7) is 5.81. The summed E-state index contributed by atoms with van der Waals surface area (Å²) in [4.78, 5) is 20.6. The lowest BCUT2D eigenvalue weighted by atomic mass is 10.0. The van der Waals surface area contributed by atoms with Gasteiger partial charge in [0, 0.05) is 12.0 Å². The molecular formula is C11H16O2. The van der Waals surface area contributed by atoms with E-state index in [1.54, 1.807) is 0 Å². The van der Waals surface area contributed by atoms with Gasteiger partial charge in [0.2, 0.25) is 0 Å². The Hall–Kier alpha value is -1.14. The van der Waals surface area contributed by atoms with Crippen LogP contribution >= 0.6 is 0 Å². The van der Waals surface area contributed by atoms with Crippen LogP contribution in [0.25, 0.3) is 0 Å². The average Bonchev–Trinajstić information content (AvgIpc) is 2.05. The Balaban J connectivity index is 4.20. The molecule has 0 bridgehead atoms. The lowest BCUT2D eigenvalue weighted by Crippen LogP contribution is -1.93. The third-order valence-electron chi connectivity index (χ3n) is 1.90. The highest BCUT2D eigenvalue weighted by Gasteiger charge is 2.01. The van der Waals surface area contributed by atoms with Gasteiger partial charge in [-0.05, 0) is 19.3 Å². The smallest absolute Gasteiger partial charge is 0.124 e. The van der Waals surface area contributed by atoms with Gasteiger partial charge in [0.15, 0.2) is 0 Å². The second kappa shape index (κ2) is 6.38. The van der Waals surface area contributed by atoms with Crippen LogP contribution in [0.1, 0.15) is 33.6 Å². The van der Waals surface area contributed by atoms with E-state index in [0.29, 0.717) is 12.8 Å². The van der Waals surface area contributed by atoms with Gasteiger partial charge in [0.1, 0.15) is 12.2 Å². The van der Waals surface area contributed by atoms with E-state index in [4.69, 9.17) is 0 Å². The molecule has 2 nitrogen and oxygen atoms in total. The van der Waals surface area contributed by atoms with Crippen molar-refractivity contribution >= 4 is 12.2 Å². The Morgan fingerprint density at radius 3 is 2.38 bits per heavy atom. The van der Waals surface area contributed by atoms with Crippen LogP contribution in [0.15, 0.2) is 17.2 Å². The topological polar surface area (TPSA) is 34.1 Å². The summed E-state index contributed by atoms with van der Waals surface area (Å²) in [5.41, 5.74) is 1.76. The lowest BCUT2D eigenvalue weighted by Gasteiger charge is -2.03. The first-order valence-electron chi connectivity index (χ1n) is 4.45. The second-order valence-corrected chi connectivity index (χ2v) is 3.41. The molecule has 0 N–H and O–H groups in total. The fourth-order valence-corrected chi connectivity index (χ4v) is 0.894. The van der Waals surface area contributed by atoms with E-state index in [1.807, 2.05) is 32.8 Å². The first-order chi connectivity index (χ1) is 6.11. The van der Waals surface area contributed by atoms with Gasteiger partial charge in [-0.25, -0.2) is 4.79 Å². The number of allylic oxidation sites excluding steroid dienone is 3. The molecule has 0 saturated heterocycles. The zero-order valence-corrected chi connectivity index (χ0v) is 8.46. The maximum Gasteiger partial charge on any atom is 0.124 e. The molecule has 0 aromatic heterocycles. The molecule has 2 heteroatoms. The fourth-order valence-electron chi connectivity index (χ4n) is 0.894. The van der Waals surface area contributed by atoms with E-state index in [1.165, 1.54) is 0 Å². The number of hydrogen-bond acceptors (Lipinski definition) is 2. The Morgan fingerprint density at radius 1 is 1.38 bits per heavy atom. The minimum atomic E-state index is 0.234. The molecular weight excluding hydrogens is 164 g/mol. The van der Waals surface area contributed by atoms with E-state index in [9.17, 15) is 9.59 Å². The summed E-state index contributed by atoms with van der Waals surface area (Å²) in [7, 11) is 0. The van der Waals surface area contributed by atoms with Crippen LogP contribution in [0.2, 0.25) is 0 Å². The molecule has 0 aliphatic carbocycles. The summed E-state index contributed by atoms with van der Waals surface area (Å²) in [5.74, 6) is 2.17. The molecule has 0 aromatic rings. The average molecular weight is 180 g/mol. The molecule has 0 aliphatic heterocycles. The zero-order chi connectivity index (χ0) is 10.3. The molecule has 0 rings (SSSR count). The summed E-state index contributed by atoms with van der Waals surface area (Å²) in [6, 6.07) is 0. The number of rotatable bonds is 5. The predicted molar refractivity (Wildman–Crippen MR) is 53.1 cm³/mol. The van der Waals surface area contributed by atoms with E-state index < -0.39 is 0 Å². The number of aldehydes is 1. The quantitative estimate of drug-likeness (QED) is 0.369. The summed E-state index contributed by atoms with van der Waals surface area (Å²) >= 11 is 0. The molecule has 0 heterocycles. The standard InChI is InChI=1S/C11H16O2/c1-9(2)11(8-13)5-4-10(3)6-7-12/h4,7,9H,5-6H2,1-3H3. The van der Waals surface area contributed by atoms with E-state index >= 15 is 0 Å². The molecule has 0 unspecified atom stereocenters. The van der Waals surface area contributed by atoms with Crippen molar-refractivity contribution in [1.82, 2.24) is 0 Å². The van der Waals surface area contributed by atoms with E-state index in [2.05, 4.69) is 0 Å². The summed E-state index contributed by atoms with van der Waals surface area (Å²) in [5, 5.41) is 0. The number of carbonyl (C=O) groups excluding carboxylic acids is 2. The fraction of sp³-hybridized carbons (Fsp3) is 0.545. The minimum absolute atomic E-state index is 0.234. The second-order valence-electron chi connectivity index (χ2n) is 3.41. The van der Waals surface area contributed by atoms with Crippen molar-refractivity contribution in [1.29, 1.82) is 0 Å². The van der Waals surface area contributed by atoms with Crippen molar-refractivity contribution in [3.05, 3.63) is 17.2 Å². The van der Waals surface area contributed by atoms with Gasteiger partial charge < -0.3 is 4.79 Å². The van der Waals surface area contributed by atoms with Crippen LogP contribution < -0.4 is 0 Å². The van der Waals surface area contributed by atoms with Crippen LogP contribution in [-0.2, 0) is 9.59 Å². The highest BCUT2D eigenvalue weighted by molar-refractivity contribution is 5.55. The predicted octanol–water partition coefficient (Wildman–Crippen LogP) is 2.33. The molecule has 0 aliphatic rings. The first-order valence-corrected chi connectivity index (χ1v) is 4.45. The highest BCUT2D eigenvalue weighted by atomic mass is 16.1. The Bertz CT molecular complexity index is 243. The molecule has 0 spiro atoms. The summed E-state index contributed by atoms with van der Waals surface area (Å²) in [6.07, 6.45) is 3.84. The molecule has 72 valence electrons. The van der Waals surface area contributed by atoms with Crippen LogP contribution in [0.4, 0.5) is 0 Å². The maximum atomic E-state index is 10.5. The van der Waals surface area contributed by atoms with Gasteiger partial charge in [-0.15, -0.1) is 0 Å². The van der Waals surface area contributed by atoms with Crippen LogP contribution in [0.5, 0.6) is 0 Å². The molecule has 0 saturated carbocycles. The molecule has 13 heavy (non-hydrogen) atoms. The minimum Gasteiger partial charge on any atom is -0.303 e. The molecule has 0 amide bonds. The van der Waals surface area contributed by atoms with Gasteiger partial charge in [-0.3, -0.25) is 0 Å². The highest BCUT2D eigenvalue weighted by Crippen LogP contribution is 2.12. The molecule has 0 aromatic carbocycles. The van der Waals surface area contributed by atoms with Crippen molar-refractivity contribution in [2.24, 2.45) is 5.92 Å². The lowest BCUT2D eigenvalue weighted by molar-refractivity contribution is -0.107. The van der Waals surface area contributed by atoms with Crippen molar-refractivity contribution in [2.45, 2.75) is 33.6 Å². The van der Waals surface area contributed by atoms with Gasteiger partial charge >= 0.3 is 0 Å². The van der Waals surface area contributed by atoms with Crippen molar-refractivity contribution in [2.75, 3.05) is 0 Å². The van der Waals surface area contributed by atoms with Crippen LogP contribution in [0.3, 0.4) is 0 Å². The summed E-state index contributed by atoms with van der Waals surface area (Å²) < 4.78 is 0. The van der Waals surface area contributed by atoms with Crippen LogP contribution in [0, 0.1) is 5.92 Å². The monoisotopic (exact) mass is 180 g/mol. The Labute approximate surface area is 79.3 Å². The Kier molecular flexibility index (Phi) is 5.82. The number of carbonyl (C=O) groups is 1. The first kappa shape index (κ1) is 11.9. The van der Waals surface area contributed by atoms with E-state index in [-0.39, 0.29) is 5.92 Å². The molecule has 0 radical (unpaired) electrons. The maximum absolute atomic E-state index is 10.5. The SMILES string of the molecule is CC(=CCC(=C=O)C(C)C)CC=O. The zero-order valence-electron chi connectivity index (χ0n) is 8.46. The third-order valence-corrected chi connectivity index (χ3v) is 1.90. The van der Waals surface area contributed by atoms with Crippen molar-refractivity contribution < 1.29 is 9.59 Å². The third kappa shape index (κ3) is 5.15. The van der Waals surface area contributed by atoms with Gasteiger partial charge in [0.25, 0.3) is 0 Å². The number of hydrogen-bond donors (Lipinski definition) is 0. The van der Waals surface area contributed by atoms with Gasteiger partial charge in [-0.2, -0.15) is 0 Å². The van der Waals surface area contributed by atoms with Gasteiger partial charge in [0.05, 0.1) is 0 Å². The normalized spacial score (nSPS) is 11.2. The van der Waals surface area contributed by atoms with Crippen molar-refractivity contribution in [3.63, 3.8) is 0 Å². The van der Waals surface area contributed by atoms with Gasteiger partial charge in [-0.1, -0.05) is 25.5 Å². The molecule has 0 atom stereocenters. The van der Waals surface area contributed by atoms with E-state index in [0.717, 1.165) is 17.4 Å². The largest absolute Gasteiger partial charge is 0.303 e. The van der Waals surface area contributed by atoms with Crippen LogP contribution in [-0.4, -0.2) is 12.2 Å². The molecule has 0 fully saturated rings. The van der Waals surface area contributed by atoms with Crippen molar-refractivity contribution in [3.8, 4) is 0 Å².